The van der Waals surface area contributed by atoms with Crippen molar-refractivity contribution in [2.24, 2.45) is 4.99 Å². The van der Waals surface area contributed by atoms with Gasteiger partial charge in [-0.05, 0) is 66.0 Å². The van der Waals surface area contributed by atoms with E-state index in [0.717, 1.165) is 5.58 Å². The van der Waals surface area contributed by atoms with Crippen LogP contribution in [0.15, 0.2) is 41.4 Å². The molecule has 0 saturated heterocycles. The second-order valence-corrected chi connectivity index (χ2v) is 10.00. The van der Waals surface area contributed by atoms with Gasteiger partial charge in [0.05, 0.1) is 0 Å². The van der Waals surface area contributed by atoms with Gasteiger partial charge in [0.2, 0.25) is 0 Å². The van der Waals surface area contributed by atoms with Crippen LogP contribution < -0.4 is 15.9 Å². The highest BCUT2D eigenvalue weighted by Gasteiger charge is 2.23. The minimum absolute atomic E-state index is 0.262. The van der Waals surface area contributed by atoms with Gasteiger partial charge in [-0.15, -0.1) is 0 Å². The van der Waals surface area contributed by atoms with Gasteiger partial charge in [0, 0.05) is 20.0 Å². The molecule has 2 aromatic carbocycles. The minimum Gasteiger partial charge on any atom is -0.367 e. The van der Waals surface area contributed by atoms with Crippen molar-refractivity contribution < 1.29 is 0 Å². The van der Waals surface area contributed by atoms with Crippen molar-refractivity contribution in [1.82, 2.24) is 5.32 Å². The van der Waals surface area contributed by atoms with E-state index in [4.69, 9.17) is 4.99 Å². The van der Waals surface area contributed by atoms with Gasteiger partial charge in [-0.25, -0.2) is 0 Å². The standard InChI is InChI=1S/C23H33N2P/c1-15(2)24-23(25-16(3)4)26(21-11-17(5)9-18(6)12-21)22-13-19(7)10-20(8)14-22/h9-16H,1-8H3,(H,24,25). The summed E-state index contributed by atoms with van der Waals surface area (Å²) in [5.41, 5.74) is 6.37. The van der Waals surface area contributed by atoms with E-state index in [1.54, 1.807) is 0 Å². The minimum atomic E-state index is -0.705. The molecule has 0 saturated carbocycles. The van der Waals surface area contributed by atoms with E-state index >= 15 is 0 Å². The maximum absolute atomic E-state index is 5.02. The molecule has 2 rings (SSSR count). The number of nitrogens with one attached hydrogen (secondary N) is 1. The van der Waals surface area contributed by atoms with Crippen LogP contribution in [0.2, 0.25) is 0 Å². The first kappa shape index (κ1) is 20.6. The first-order valence-electron chi connectivity index (χ1n) is 9.46. The maximum atomic E-state index is 5.02. The number of aliphatic imine (C=N–C) groups is 1. The molecule has 0 unspecified atom stereocenters. The lowest BCUT2D eigenvalue weighted by molar-refractivity contribution is 0.727. The Morgan fingerprint density at radius 1 is 0.731 bits per heavy atom. The quantitative estimate of drug-likeness (QED) is 0.442. The summed E-state index contributed by atoms with van der Waals surface area (Å²) in [7, 11) is -0.705. The monoisotopic (exact) mass is 368 g/mol. The van der Waals surface area contributed by atoms with Crippen LogP contribution in [0.25, 0.3) is 0 Å². The fourth-order valence-electron chi connectivity index (χ4n) is 3.22. The van der Waals surface area contributed by atoms with Gasteiger partial charge in [-0.1, -0.05) is 58.7 Å². The molecule has 0 spiro atoms. The fourth-order valence-corrected chi connectivity index (χ4v) is 6.07. The Morgan fingerprint density at radius 3 is 1.42 bits per heavy atom. The molecule has 2 nitrogen and oxygen atoms in total. The van der Waals surface area contributed by atoms with Gasteiger partial charge < -0.3 is 5.32 Å². The fraction of sp³-hybridized carbons (Fsp3) is 0.435. The summed E-state index contributed by atoms with van der Waals surface area (Å²) >= 11 is 0. The molecule has 0 heterocycles. The molecule has 140 valence electrons. The lowest BCUT2D eigenvalue weighted by atomic mass is 10.2. The maximum Gasteiger partial charge on any atom is 0.129 e. The molecule has 0 aliphatic heterocycles. The molecule has 0 radical (unpaired) electrons. The molecule has 0 fully saturated rings. The second-order valence-electron chi connectivity index (χ2n) is 7.87. The van der Waals surface area contributed by atoms with E-state index in [1.807, 2.05) is 0 Å². The van der Waals surface area contributed by atoms with Crippen LogP contribution in [-0.2, 0) is 0 Å². The lowest BCUT2D eigenvalue weighted by Crippen LogP contribution is -2.35. The number of aryl methyl sites for hydroxylation is 4. The van der Waals surface area contributed by atoms with Crippen molar-refractivity contribution in [3.8, 4) is 0 Å². The van der Waals surface area contributed by atoms with Gasteiger partial charge >= 0.3 is 0 Å². The number of nitrogens with zero attached hydrogens (tertiary/aromatic N) is 1. The van der Waals surface area contributed by atoms with Crippen molar-refractivity contribution in [1.29, 1.82) is 0 Å². The average Bonchev–Trinajstić information content (AvgIpc) is 2.43. The number of benzene rings is 2. The first-order chi connectivity index (χ1) is 12.2. The zero-order chi connectivity index (χ0) is 19.4. The average molecular weight is 369 g/mol. The number of hydrogen-bond donors (Lipinski definition) is 1. The van der Waals surface area contributed by atoms with Crippen LogP contribution in [0.1, 0.15) is 49.9 Å². The molecule has 0 aliphatic carbocycles. The summed E-state index contributed by atoms with van der Waals surface area (Å²) < 4.78 is 0. The Bertz CT molecular complexity index is 699. The van der Waals surface area contributed by atoms with E-state index < -0.39 is 7.92 Å². The molecule has 3 heteroatoms. The van der Waals surface area contributed by atoms with Gasteiger partial charge in [0.15, 0.2) is 0 Å². The summed E-state index contributed by atoms with van der Waals surface area (Å²) in [4.78, 5) is 5.02. The number of hydrogen-bond acceptors (Lipinski definition) is 1. The first-order valence-corrected chi connectivity index (χ1v) is 10.8. The molecule has 0 aromatic heterocycles. The van der Waals surface area contributed by atoms with Crippen molar-refractivity contribution >= 4 is 24.1 Å². The van der Waals surface area contributed by atoms with Crippen LogP contribution in [0.5, 0.6) is 0 Å². The Balaban J connectivity index is 2.70. The Labute approximate surface area is 160 Å². The van der Waals surface area contributed by atoms with Crippen molar-refractivity contribution in [2.75, 3.05) is 0 Å². The lowest BCUT2D eigenvalue weighted by Gasteiger charge is -2.26. The topological polar surface area (TPSA) is 24.4 Å². The van der Waals surface area contributed by atoms with Crippen LogP contribution in [0, 0.1) is 27.7 Å². The summed E-state index contributed by atoms with van der Waals surface area (Å²) in [6, 6.07) is 14.4. The van der Waals surface area contributed by atoms with Gasteiger partial charge in [-0.2, -0.15) is 0 Å². The van der Waals surface area contributed by atoms with Gasteiger partial charge in [0.1, 0.15) is 5.58 Å². The molecule has 0 aliphatic rings. The van der Waals surface area contributed by atoms with E-state index in [-0.39, 0.29) is 6.04 Å². The second kappa shape index (κ2) is 8.82. The smallest absolute Gasteiger partial charge is 0.129 e. The molecule has 0 atom stereocenters. The zero-order valence-corrected chi connectivity index (χ0v) is 18.4. The third-order valence-corrected chi connectivity index (χ3v) is 6.16. The summed E-state index contributed by atoms with van der Waals surface area (Å²) in [5.74, 6) is 0. The van der Waals surface area contributed by atoms with Gasteiger partial charge in [-0.3, -0.25) is 4.99 Å². The third kappa shape index (κ3) is 5.68. The molecule has 0 amide bonds. The molecule has 1 N–H and O–H groups in total. The molecule has 26 heavy (non-hydrogen) atoms. The van der Waals surface area contributed by atoms with E-state index in [9.17, 15) is 0 Å². The van der Waals surface area contributed by atoms with Gasteiger partial charge in [0.25, 0.3) is 0 Å². The third-order valence-electron chi connectivity index (χ3n) is 3.94. The molecular formula is C23H33N2P. The Hall–Kier alpha value is -1.66. The molecule has 0 bridgehead atoms. The highest BCUT2D eigenvalue weighted by atomic mass is 31.1. The summed E-state index contributed by atoms with van der Waals surface area (Å²) in [6.07, 6.45) is 0. The van der Waals surface area contributed by atoms with E-state index in [0.29, 0.717) is 6.04 Å². The van der Waals surface area contributed by atoms with E-state index in [1.165, 1.54) is 32.9 Å². The van der Waals surface area contributed by atoms with Crippen molar-refractivity contribution in [2.45, 2.75) is 67.5 Å². The van der Waals surface area contributed by atoms with Crippen LogP contribution in [0.3, 0.4) is 0 Å². The Morgan fingerprint density at radius 2 is 1.12 bits per heavy atom. The van der Waals surface area contributed by atoms with E-state index in [2.05, 4.69) is 97.1 Å². The summed E-state index contributed by atoms with van der Waals surface area (Å²) in [6.45, 7) is 17.4. The highest BCUT2D eigenvalue weighted by Crippen LogP contribution is 2.36. The normalized spacial score (nSPS) is 12.3. The Kier molecular flexibility index (Phi) is 7.01. The van der Waals surface area contributed by atoms with Crippen molar-refractivity contribution in [3.05, 3.63) is 58.7 Å². The largest absolute Gasteiger partial charge is 0.367 e. The predicted octanol–water partition coefficient (Wildman–Crippen LogP) is 5.12. The predicted molar refractivity (Wildman–Crippen MR) is 119 cm³/mol. The van der Waals surface area contributed by atoms with Crippen LogP contribution in [-0.4, -0.2) is 17.7 Å². The van der Waals surface area contributed by atoms with Crippen LogP contribution >= 0.6 is 7.92 Å². The number of rotatable bonds is 5. The molecular weight excluding hydrogens is 335 g/mol. The zero-order valence-electron chi connectivity index (χ0n) is 17.5. The SMILES string of the molecule is Cc1cc(C)cc(P(C(=NC(C)C)NC(C)C)c2cc(C)cc(C)c2)c1. The number of amidine groups is 1. The highest BCUT2D eigenvalue weighted by molar-refractivity contribution is 7.88. The van der Waals surface area contributed by atoms with Crippen molar-refractivity contribution in [3.63, 3.8) is 0 Å². The van der Waals surface area contributed by atoms with Crippen LogP contribution in [0.4, 0.5) is 0 Å². The summed E-state index contributed by atoms with van der Waals surface area (Å²) in [5, 5.41) is 6.41. The molecule has 2 aromatic rings.